The lowest BCUT2D eigenvalue weighted by molar-refractivity contribution is -0.139. The number of benzene rings is 3. The van der Waals surface area contributed by atoms with Gasteiger partial charge in [0.25, 0.3) is 0 Å². The van der Waals surface area contributed by atoms with Crippen LogP contribution in [0.15, 0.2) is 59.5 Å². The van der Waals surface area contributed by atoms with Crippen molar-refractivity contribution in [3.63, 3.8) is 0 Å². The maximum absolute atomic E-state index is 13.8. The van der Waals surface area contributed by atoms with Crippen molar-refractivity contribution >= 4 is 10.0 Å². The summed E-state index contributed by atoms with van der Waals surface area (Å²) in [4.78, 5) is -0.244. The van der Waals surface area contributed by atoms with Gasteiger partial charge in [0.15, 0.2) is 11.6 Å². The van der Waals surface area contributed by atoms with Crippen molar-refractivity contribution in [2.24, 2.45) is 5.14 Å². The number of hydrogen-bond donors (Lipinski definition) is 1. The van der Waals surface area contributed by atoms with Crippen LogP contribution in [-0.2, 0) is 16.2 Å². The summed E-state index contributed by atoms with van der Waals surface area (Å²) in [5, 5.41) is 5.00. The Labute approximate surface area is 161 Å². The molecule has 0 bridgehead atoms. The molecule has 0 atom stereocenters. The molecule has 0 fully saturated rings. The van der Waals surface area contributed by atoms with Gasteiger partial charge in [-0.2, -0.15) is 13.2 Å². The van der Waals surface area contributed by atoms with Crippen LogP contribution in [-0.4, -0.2) is 8.42 Å². The quantitative estimate of drug-likeness (QED) is 0.587. The Balaban J connectivity index is 2.23. The molecule has 3 aromatic rings. The van der Waals surface area contributed by atoms with Gasteiger partial charge in [-0.15, -0.1) is 0 Å². The van der Waals surface area contributed by atoms with E-state index < -0.39 is 39.2 Å². The lowest BCUT2D eigenvalue weighted by atomic mass is 9.93. The number of alkyl halides is 3. The third-order valence-corrected chi connectivity index (χ3v) is 5.07. The van der Waals surface area contributed by atoms with Crippen LogP contribution in [0.3, 0.4) is 0 Å². The zero-order chi connectivity index (χ0) is 21.6. The van der Waals surface area contributed by atoms with E-state index in [4.69, 9.17) is 5.14 Å². The van der Waals surface area contributed by atoms with Crippen LogP contribution < -0.4 is 5.14 Å². The summed E-state index contributed by atoms with van der Waals surface area (Å²) in [6, 6.07) is 8.22. The molecule has 0 unspecified atom stereocenters. The van der Waals surface area contributed by atoms with Crippen LogP contribution in [0, 0.1) is 17.5 Å². The molecule has 10 heteroatoms. The smallest absolute Gasteiger partial charge is 0.225 e. The maximum atomic E-state index is 13.8. The Morgan fingerprint density at radius 2 is 1.17 bits per heavy atom. The van der Waals surface area contributed by atoms with E-state index in [2.05, 4.69) is 0 Å². The SMILES string of the molecule is NS(=O)(=O)c1ccc(-c2cc(F)c(F)cc2-c2ccc(F)c(C(F)(F)F)c2)cc1. The Bertz CT molecular complexity index is 1190. The van der Waals surface area contributed by atoms with Gasteiger partial charge in [0, 0.05) is 0 Å². The minimum absolute atomic E-state index is 0.0235. The van der Waals surface area contributed by atoms with Crippen LogP contribution in [0.5, 0.6) is 0 Å². The Hall–Kier alpha value is -2.85. The molecule has 3 aromatic carbocycles. The van der Waals surface area contributed by atoms with Gasteiger partial charge in [-0.1, -0.05) is 18.2 Å². The van der Waals surface area contributed by atoms with E-state index in [1.807, 2.05) is 0 Å². The van der Waals surface area contributed by atoms with E-state index >= 15 is 0 Å². The van der Waals surface area contributed by atoms with Gasteiger partial charge >= 0.3 is 6.18 Å². The molecule has 0 radical (unpaired) electrons. The Morgan fingerprint density at radius 3 is 1.66 bits per heavy atom. The van der Waals surface area contributed by atoms with Gasteiger partial charge in [0.2, 0.25) is 10.0 Å². The zero-order valence-electron chi connectivity index (χ0n) is 14.3. The largest absolute Gasteiger partial charge is 0.419 e. The molecule has 0 saturated carbocycles. The van der Waals surface area contributed by atoms with E-state index in [0.29, 0.717) is 18.2 Å². The molecular formula is C19H11F6NO2S. The van der Waals surface area contributed by atoms with Gasteiger partial charge in [-0.05, 0) is 58.7 Å². The lowest BCUT2D eigenvalue weighted by Gasteiger charge is -2.14. The summed E-state index contributed by atoms with van der Waals surface area (Å²) in [7, 11) is -4.01. The number of nitrogens with two attached hydrogens (primary N) is 1. The molecule has 0 amide bonds. The predicted molar refractivity (Wildman–Crippen MR) is 93.6 cm³/mol. The van der Waals surface area contributed by atoms with E-state index in [-0.39, 0.29) is 27.1 Å². The number of halogens is 6. The van der Waals surface area contributed by atoms with Crippen LogP contribution in [0.2, 0.25) is 0 Å². The molecule has 0 spiro atoms. The Kier molecular flexibility index (Phi) is 5.18. The van der Waals surface area contributed by atoms with Crippen LogP contribution in [0.25, 0.3) is 22.3 Å². The molecule has 0 saturated heterocycles. The molecule has 152 valence electrons. The molecule has 3 nitrogen and oxygen atoms in total. The summed E-state index contributed by atoms with van der Waals surface area (Å²) in [5.74, 6) is -4.09. The van der Waals surface area contributed by atoms with Gasteiger partial charge in [-0.25, -0.2) is 26.7 Å². The van der Waals surface area contributed by atoms with E-state index in [1.54, 1.807) is 0 Å². The average molecular weight is 431 g/mol. The molecule has 2 N–H and O–H groups in total. The molecule has 0 heterocycles. The molecule has 0 aliphatic heterocycles. The van der Waals surface area contributed by atoms with E-state index in [0.717, 1.165) is 24.3 Å². The van der Waals surface area contributed by atoms with E-state index in [9.17, 15) is 34.8 Å². The van der Waals surface area contributed by atoms with Crippen LogP contribution in [0.4, 0.5) is 26.3 Å². The summed E-state index contributed by atoms with van der Waals surface area (Å²) < 4.78 is 103. The van der Waals surface area contributed by atoms with Crippen molar-refractivity contribution < 1.29 is 34.8 Å². The van der Waals surface area contributed by atoms with Gasteiger partial charge in [0.1, 0.15) is 5.82 Å². The molecule has 3 rings (SSSR count). The first-order chi connectivity index (χ1) is 13.4. The lowest BCUT2D eigenvalue weighted by Crippen LogP contribution is -2.11. The van der Waals surface area contributed by atoms with Crippen molar-refractivity contribution in [2.45, 2.75) is 11.1 Å². The first kappa shape index (κ1) is 20.9. The van der Waals surface area contributed by atoms with Crippen molar-refractivity contribution in [2.75, 3.05) is 0 Å². The first-order valence-electron chi connectivity index (χ1n) is 7.87. The van der Waals surface area contributed by atoms with Gasteiger partial charge in [0.05, 0.1) is 10.5 Å². The highest BCUT2D eigenvalue weighted by Gasteiger charge is 2.34. The summed E-state index contributed by atoms with van der Waals surface area (Å²) in [6.45, 7) is 0. The summed E-state index contributed by atoms with van der Waals surface area (Å²) in [5.41, 5.74) is -1.75. The minimum atomic E-state index is -4.99. The monoisotopic (exact) mass is 431 g/mol. The molecule has 0 aromatic heterocycles. The normalized spacial score (nSPS) is 12.2. The zero-order valence-corrected chi connectivity index (χ0v) is 15.1. The van der Waals surface area contributed by atoms with Crippen LogP contribution in [0.1, 0.15) is 5.56 Å². The maximum Gasteiger partial charge on any atom is 0.419 e. The summed E-state index contributed by atoms with van der Waals surface area (Å²) in [6.07, 6.45) is -4.99. The van der Waals surface area contributed by atoms with Crippen molar-refractivity contribution in [1.82, 2.24) is 0 Å². The Morgan fingerprint density at radius 1 is 0.690 bits per heavy atom. The number of sulfonamides is 1. The van der Waals surface area contributed by atoms with E-state index in [1.165, 1.54) is 12.1 Å². The molecule has 0 aliphatic carbocycles. The van der Waals surface area contributed by atoms with Crippen molar-refractivity contribution in [1.29, 1.82) is 0 Å². The predicted octanol–water partition coefficient (Wildman–Crippen LogP) is 5.10. The number of primary sulfonamides is 1. The van der Waals surface area contributed by atoms with Gasteiger partial charge < -0.3 is 0 Å². The molecule has 29 heavy (non-hydrogen) atoms. The fraction of sp³-hybridized carbons (Fsp3) is 0.0526. The second kappa shape index (κ2) is 7.20. The first-order valence-corrected chi connectivity index (χ1v) is 9.42. The fourth-order valence-electron chi connectivity index (χ4n) is 2.76. The molecular weight excluding hydrogens is 420 g/mol. The fourth-order valence-corrected chi connectivity index (χ4v) is 3.27. The standard InChI is InChI=1S/C19H11F6NO2S/c20-16-6-3-11(7-15(16)19(23,24)25)14-9-18(22)17(21)8-13(14)10-1-4-12(5-2-10)29(26,27)28/h1-9H,(H2,26,27,28). The highest BCUT2D eigenvalue weighted by molar-refractivity contribution is 7.89. The molecule has 0 aliphatic rings. The topological polar surface area (TPSA) is 60.2 Å². The minimum Gasteiger partial charge on any atom is -0.225 e. The highest BCUT2D eigenvalue weighted by atomic mass is 32.2. The summed E-state index contributed by atoms with van der Waals surface area (Å²) >= 11 is 0. The number of hydrogen-bond acceptors (Lipinski definition) is 2. The third kappa shape index (κ3) is 4.28. The van der Waals surface area contributed by atoms with Crippen molar-refractivity contribution in [3.8, 4) is 22.3 Å². The van der Waals surface area contributed by atoms with Crippen molar-refractivity contribution in [3.05, 3.63) is 77.6 Å². The second-order valence-electron chi connectivity index (χ2n) is 6.07. The third-order valence-electron chi connectivity index (χ3n) is 4.14. The second-order valence-corrected chi connectivity index (χ2v) is 7.64. The van der Waals surface area contributed by atoms with Gasteiger partial charge in [-0.3, -0.25) is 0 Å². The number of rotatable bonds is 3. The highest BCUT2D eigenvalue weighted by Crippen LogP contribution is 2.38. The average Bonchev–Trinajstić information content (AvgIpc) is 2.62. The van der Waals surface area contributed by atoms with Crippen LogP contribution >= 0.6 is 0 Å².